The lowest BCUT2D eigenvalue weighted by atomic mass is 9.89. The van der Waals surface area contributed by atoms with Crippen LogP contribution in [0.4, 0.5) is 0 Å². The summed E-state index contributed by atoms with van der Waals surface area (Å²) in [5, 5.41) is 0. The molecule has 1 aromatic heterocycles. The standard InChI is InChI=1S/C53H73N2/c1-5-8-11-14-17-20-23-26-27-30-33-36-39-42-47-53(55-50-49-54(4)51-55)48-43-46-52(44-40-37-34-31-28-24-21-18-15-12-9-6-2)45-41-38-35-32-29-25-22-19-16-13-10-7-3/h1,49-53H,6-7,9-10,12-13,15-16,18-19,21-22,24-25,28-29,31-32,34-35,37-38,40-41,43-46,48H2,2-4H3/q+1. The molecule has 55 heavy (non-hydrogen) atoms. The van der Waals surface area contributed by atoms with Gasteiger partial charge < -0.3 is 0 Å². The first kappa shape index (κ1) is 48.7. The molecule has 0 bridgehead atoms. The molecule has 1 heterocycles. The molecule has 1 rings (SSSR count). The van der Waals surface area contributed by atoms with E-state index < -0.39 is 0 Å². The average Bonchev–Trinajstić information content (AvgIpc) is 3.63. The van der Waals surface area contributed by atoms with Crippen LogP contribution in [0.2, 0.25) is 0 Å². The summed E-state index contributed by atoms with van der Waals surface area (Å²) in [6.45, 7) is 4.60. The fourth-order valence-corrected chi connectivity index (χ4v) is 7.03. The third kappa shape index (κ3) is 32.8. The zero-order valence-electron chi connectivity index (χ0n) is 35.4. The second kappa shape index (κ2) is 39.4. The van der Waals surface area contributed by atoms with Crippen LogP contribution in [0.1, 0.15) is 206 Å². The van der Waals surface area contributed by atoms with Crippen LogP contribution >= 0.6 is 0 Å². The van der Waals surface area contributed by atoms with Gasteiger partial charge in [-0.15, -0.1) is 6.42 Å². The van der Waals surface area contributed by atoms with E-state index >= 15 is 0 Å². The van der Waals surface area contributed by atoms with Gasteiger partial charge in [0.25, 0.3) is 0 Å². The van der Waals surface area contributed by atoms with Crippen molar-refractivity contribution in [2.75, 3.05) is 0 Å². The van der Waals surface area contributed by atoms with Crippen LogP contribution < -0.4 is 4.57 Å². The lowest BCUT2D eigenvalue weighted by molar-refractivity contribution is -0.710. The SMILES string of the molecule is C#CC#CC#CC#CC#CC#CC#CC#CC(CCCC(CCCCCCCCCCCCCC)CCCCCCCCCCCCCC)[n+]1ccn(C)c1. The van der Waals surface area contributed by atoms with Crippen molar-refractivity contribution in [3.05, 3.63) is 18.7 Å². The van der Waals surface area contributed by atoms with E-state index in [0.29, 0.717) is 0 Å². The number of unbranched alkanes of at least 4 members (excludes halogenated alkanes) is 22. The number of rotatable bonds is 31. The van der Waals surface area contributed by atoms with E-state index in [1.165, 1.54) is 180 Å². The minimum Gasteiger partial charge on any atom is -0.240 e. The lowest BCUT2D eigenvalue weighted by Gasteiger charge is -2.18. The van der Waals surface area contributed by atoms with Gasteiger partial charge in [-0.25, -0.2) is 9.13 Å². The Bertz CT molecular complexity index is 1570. The van der Waals surface area contributed by atoms with Gasteiger partial charge in [-0.2, -0.15) is 0 Å². The van der Waals surface area contributed by atoms with Gasteiger partial charge >= 0.3 is 0 Å². The van der Waals surface area contributed by atoms with Crippen molar-refractivity contribution in [2.24, 2.45) is 13.0 Å². The average molecular weight is 738 g/mol. The first-order chi connectivity index (χ1) is 27.2. The summed E-state index contributed by atoms with van der Waals surface area (Å²) in [5.74, 6) is 41.0. The van der Waals surface area contributed by atoms with Gasteiger partial charge in [-0.1, -0.05) is 187 Å². The fraction of sp³-hybridized carbons (Fsp3) is 0.642. The lowest BCUT2D eigenvalue weighted by Crippen LogP contribution is -2.36. The molecule has 0 saturated carbocycles. The number of hydrogen-bond acceptors (Lipinski definition) is 0. The van der Waals surface area contributed by atoms with Crippen molar-refractivity contribution >= 4 is 0 Å². The van der Waals surface area contributed by atoms with Crippen molar-refractivity contribution in [1.82, 2.24) is 4.57 Å². The Kier molecular flexibility index (Phi) is 34.9. The van der Waals surface area contributed by atoms with E-state index in [-0.39, 0.29) is 6.04 Å². The molecule has 0 aliphatic rings. The predicted molar refractivity (Wildman–Crippen MR) is 237 cm³/mol. The van der Waals surface area contributed by atoms with Crippen LogP contribution in [0.3, 0.4) is 0 Å². The van der Waals surface area contributed by atoms with Crippen molar-refractivity contribution in [1.29, 1.82) is 0 Å². The minimum absolute atomic E-state index is 0.101. The second-order valence-corrected chi connectivity index (χ2v) is 15.1. The van der Waals surface area contributed by atoms with Crippen molar-refractivity contribution in [3.63, 3.8) is 0 Å². The number of nitrogens with zero attached hydrogens (tertiary/aromatic N) is 2. The molecule has 0 aromatic carbocycles. The van der Waals surface area contributed by atoms with Crippen molar-refractivity contribution in [3.8, 4) is 95.2 Å². The topological polar surface area (TPSA) is 8.81 Å². The van der Waals surface area contributed by atoms with Crippen molar-refractivity contribution < 1.29 is 4.57 Å². The number of aryl methyl sites for hydroxylation is 1. The normalized spacial score (nSPS) is 10.2. The van der Waals surface area contributed by atoms with E-state index in [2.05, 4.69) is 138 Å². The largest absolute Gasteiger partial charge is 0.244 e. The van der Waals surface area contributed by atoms with E-state index in [4.69, 9.17) is 6.42 Å². The monoisotopic (exact) mass is 738 g/mol. The highest BCUT2D eigenvalue weighted by Crippen LogP contribution is 2.25. The highest BCUT2D eigenvalue weighted by molar-refractivity contribution is 5.45. The van der Waals surface area contributed by atoms with Gasteiger partial charge in [0.15, 0.2) is 6.04 Å². The predicted octanol–water partition coefficient (Wildman–Crippen LogP) is 12.5. The number of aromatic nitrogens is 2. The third-order valence-electron chi connectivity index (χ3n) is 10.2. The Morgan fingerprint density at radius 1 is 0.436 bits per heavy atom. The molecule has 0 aliphatic heterocycles. The van der Waals surface area contributed by atoms with Gasteiger partial charge in [-0.3, -0.25) is 0 Å². The van der Waals surface area contributed by atoms with Gasteiger partial charge in [0, 0.05) is 0 Å². The van der Waals surface area contributed by atoms with Gasteiger partial charge in [-0.05, 0) is 108 Å². The maximum Gasteiger partial charge on any atom is 0.244 e. The Hall–Kier alpha value is -4.31. The molecule has 0 radical (unpaired) electrons. The molecule has 0 fully saturated rings. The van der Waals surface area contributed by atoms with Crippen LogP contribution in [-0.2, 0) is 7.05 Å². The van der Waals surface area contributed by atoms with Gasteiger partial charge in [0.05, 0.1) is 7.05 Å². The first-order valence-electron chi connectivity index (χ1n) is 22.2. The summed E-state index contributed by atoms with van der Waals surface area (Å²) < 4.78 is 4.30. The first-order valence-corrected chi connectivity index (χ1v) is 22.2. The molecule has 2 nitrogen and oxygen atoms in total. The summed E-state index contributed by atoms with van der Waals surface area (Å²) in [5.41, 5.74) is 0. The Labute approximate surface area is 341 Å². The molecule has 2 heteroatoms. The zero-order valence-corrected chi connectivity index (χ0v) is 35.4. The molecule has 0 N–H and O–H groups in total. The molecule has 294 valence electrons. The van der Waals surface area contributed by atoms with Gasteiger partial charge in [0.2, 0.25) is 6.33 Å². The number of imidazole rings is 1. The Balaban J connectivity index is 2.61. The maximum absolute atomic E-state index is 5.04. The highest BCUT2D eigenvalue weighted by Gasteiger charge is 2.16. The summed E-state index contributed by atoms with van der Waals surface area (Å²) in [6, 6.07) is 0.101. The van der Waals surface area contributed by atoms with Crippen LogP contribution in [0.15, 0.2) is 18.7 Å². The quantitative estimate of drug-likeness (QED) is 0.0408. The summed E-state index contributed by atoms with van der Waals surface area (Å²) in [4.78, 5) is 0. The smallest absolute Gasteiger partial charge is 0.240 e. The summed E-state index contributed by atoms with van der Waals surface area (Å²) >= 11 is 0. The molecule has 1 aromatic rings. The molecular weight excluding hydrogens is 665 g/mol. The van der Waals surface area contributed by atoms with Gasteiger partial charge in [0.1, 0.15) is 12.4 Å². The fourth-order valence-electron chi connectivity index (χ4n) is 7.03. The zero-order chi connectivity index (χ0) is 39.5. The molecular formula is C53H73N2+. The van der Waals surface area contributed by atoms with Crippen molar-refractivity contribution in [2.45, 2.75) is 206 Å². The van der Waals surface area contributed by atoms with E-state index in [0.717, 1.165) is 12.3 Å². The third-order valence-corrected chi connectivity index (χ3v) is 10.2. The Morgan fingerprint density at radius 3 is 1.15 bits per heavy atom. The molecule has 1 unspecified atom stereocenters. The number of terminal acetylenes is 1. The maximum atomic E-state index is 5.04. The van der Waals surface area contributed by atoms with Crippen LogP contribution in [0.25, 0.3) is 0 Å². The number of hydrogen-bond donors (Lipinski definition) is 0. The minimum atomic E-state index is 0.101. The second-order valence-electron chi connectivity index (χ2n) is 15.1. The van der Waals surface area contributed by atoms with Crippen LogP contribution in [0, 0.1) is 101 Å². The Morgan fingerprint density at radius 2 is 0.782 bits per heavy atom. The molecule has 1 atom stereocenters. The molecule has 0 spiro atoms. The van der Waals surface area contributed by atoms with E-state index in [1.54, 1.807) is 0 Å². The summed E-state index contributed by atoms with van der Waals surface area (Å²) in [6.07, 6.45) is 51.6. The highest BCUT2D eigenvalue weighted by atomic mass is 15.1. The van der Waals surface area contributed by atoms with Crippen LogP contribution in [0.5, 0.6) is 0 Å². The summed E-state index contributed by atoms with van der Waals surface area (Å²) in [7, 11) is 2.06. The molecule has 0 saturated heterocycles. The molecule has 0 aliphatic carbocycles. The van der Waals surface area contributed by atoms with E-state index in [9.17, 15) is 0 Å². The van der Waals surface area contributed by atoms with Crippen LogP contribution in [-0.4, -0.2) is 4.57 Å². The molecule has 0 amide bonds. The van der Waals surface area contributed by atoms with E-state index in [1.807, 2.05) is 0 Å².